The lowest BCUT2D eigenvalue weighted by molar-refractivity contribution is -0.138. The third-order valence-corrected chi connectivity index (χ3v) is 4.62. The van der Waals surface area contributed by atoms with Gasteiger partial charge in [-0.1, -0.05) is 6.58 Å². The quantitative estimate of drug-likeness (QED) is 0.581. The summed E-state index contributed by atoms with van der Waals surface area (Å²) < 4.78 is 53.7. The number of rotatable bonds is 1. The van der Waals surface area contributed by atoms with E-state index < -0.39 is 17.4 Å². The van der Waals surface area contributed by atoms with Crippen molar-refractivity contribution >= 4 is 11.7 Å². The first kappa shape index (κ1) is 16.7. The summed E-state index contributed by atoms with van der Waals surface area (Å²) in [6.45, 7) is 5.79. The molecule has 8 heteroatoms. The normalized spacial score (nSPS) is 26.6. The van der Waals surface area contributed by atoms with Gasteiger partial charge in [0, 0.05) is 37.8 Å². The van der Waals surface area contributed by atoms with Gasteiger partial charge in [0.2, 0.25) is 5.91 Å². The number of carbonyl (C=O) groups is 1. The van der Waals surface area contributed by atoms with Crippen LogP contribution in [0.5, 0.6) is 0 Å². The molecule has 0 bridgehead atoms. The molecule has 0 spiro atoms. The Balaban J connectivity index is 1.97. The topological polar surface area (TPSA) is 36.4 Å². The summed E-state index contributed by atoms with van der Waals surface area (Å²) in [6.07, 6.45) is -2.62. The highest BCUT2D eigenvalue weighted by molar-refractivity contribution is 5.87. The molecule has 2 aliphatic rings. The zero-order valence-electron chi connectivity index (χ0n) is 13.1. The fraction of sp³-hybridized carbons (Fsp3) is 0.500. The largest absolute Gasteiger partial charge is 0.417 e. The first-order valence-electron chi connectivity index (χ1n) is 7.58. The molecule has 0 N–H and O–H groups in total. The standard InChI is InChI=1S/C16H17F4N3O/c1-3-13(24)22-4-5-23-11(9-22)7-15(2,17)12-6-10(16(18,19)20)8-21-14(12)23/h3,6,8,11H,1,4-5,7,9H2,2H3/t11-,15?/m1/s1. The van der Waals surface area contributed by atoms with Crippen LogP contribution >= 0.6 is 0 Å². The third kappa shape index (κ3) is 2.74. The second-order valence-electron chi connectivity index (χ2n) is 6.33. The van der Waals surface area contributed by atoms with Crippen LogP contribution in [0.3, 0.4) is 0 Å². The number of carbonyl (C=O) groups excluding carboxylic acids is 1. The Hall–Kier alpha value is -2.12. The van der Waals surface area contributed by atoms with Gasteiger partial charge < -0.3 is 9.80 Å². The van der Waals surface area contributed by atoms with Crippen molar-refractivity contribution in [1.82, 2.24) is 9.88 Å². The molecule has 0 aromatic carbocycles. The van der Waals surface area contributed by atoms with Crippen molar-refractivity contribution in [3.05, 3.63) is 36.0 Å². The molecule has 2 aliphatic heterocycles. The zero-order chi connectivity index (χ0) is 17.7. The van der Waals surface area contributed by atoms with Gasteiger partial charge in [-0.2, -0.15) is 13.2 Å². The van der Waals surface area contributed by atoms with Crippen LogP contribution < -0.4 is 4.90 Å². The predicted octanol–water partition coefficient (Wildman–Crippen LogP) is 2.89. The number of hydrogen-bond donors (Lipinski definition) is 0. The number of fused-ring (bicyclic) bond motifs is 3. The monoisotopic (exact) mass is 343 g/mol. The molecule has 24 heavy (non-hydrogen) atoms. The van der Waals surface area contributed by atoms with Gasteiger partial charge in [-0.3, -0.25) is 4.79 Å². The van der Waals surface area contributed by atoms with Crippen LogP contribution in [0.15, 0.2) is 24.9 Å². The average Bonchev–Trinajstić information content (AvgIpc) is 2.52. The van der Waals surface area contributed by atoms with E-state index in [1.54, 1.807) is 9.80 Å². The first-order valence-corrected chi connectivity index (χ1v) is 7.58. The lowest BCUT2D eigenvalue weighted by atomic mass is 9.84. The number of nitrogens with zero attached hydrogens (tertiary/aromatic N) is 3. The maximum absolute atomic E-state index is 15.1. The van der Waals surface area contributed by atoms with Gasteiger partial charge in [0.15, 0.2) is 0 Å². The number of amides is 1. The van der Waals surface area contributed by atoms with E-state index in [0.29, 0.717) is 19.6 Å². The molecule has 1 saturated heterocycles. The Morgan fingerprint density at radius 1 is 1.46 bits per heavy atom. The number of halogens is 4. The average molecular weight is 343 g/mol. The number of pyridine rings is 1. The van der Waals surface area contributed by atoms with E-state index in [0.717, 1.165) is 12.3 Å². The molecular formula is C16H17F4N3O. The molecule has 1 aromatic heterocycles. The van der Waals surface area contributed by atoms with Crippen molar-refractivity contribution in [3.63, 3.8) is 0 Å². The molecule has 3 rings (SSSR count). The summed E-state index contributed by atoms with van der Waals surface area (Å²) >= 11 is 0. The Morgan fingerprint density at radius 3 is 2.79 bits per heavy atom. The molecule has 1 amide bonds. The predicted molar refractivity (Wildman–Crippen MR) is 80.2 cm³/mol. The van der Waals surface area contributed by atoms with Crippen molar-refractivity contribution in [3.8, 4) is 0 Å². The minimum atomic E-state index is -4.57. The molecule has 1 aromatic rings. The van der Waals surface area contributed by atoms with Gasteiger partial charge in [-0.25, -0.2) is 9.37 Å². The lowest BCUT2D eigenvalue weighted by Crippen LogP contribution is -2.58. The van der Waals surface area contributed by atoms with Gasteiger partial charge in [0.25, 0.3) is 0 Å². The number of piperazine rings is 1. The zero-order valence-corrected chi connectivity index (χ0v) is 13.1. The minimum Gasteiger partial charge on any atom is -0.350 e. The summed E-state index contributed by atoms with van der Waals surface area (Å²) in [5.41, 5.74) is -2.94. The van der Waals surface area contributed by atoms with Crippen LogP contribution in [-0.2, 0) is 16.6 Å². The van der Waals surface area contributed by atoms with Crippen LogP contribution in [0.1, 0.15) is 24.5 Å². The van der Waals surface area contributed by atoms with Crippen molar-refractivity contribution in [2.45, 2.75) is 31.2 Å². The van der Waals surface area contributed by atoms with E-state index in [4.69, 9.17) is 0 Å². The van der Waals surface area contributed by atoms with Crippen LogP contribution in [0, 0.1) is 0 Å². The summed E-state index contributed by atoms with van der Waals surface area (Å²) in [4.78, 5) is 19.0. The van der Waals surface area contributed by atoms with Crippen LogP contribution in [-0.4, -0.2) is 41.5 Å². The summed E-state index contributed by atoms with van der Waals surface area (Å²) in [6, 6.07) is 0.522. The molecule has 1 unspecified atom stereocenters. The van der Waals surface area contributed by atoms with Crippen molar-refractivity contribution in [1.29, 1.82) is 0 Å². The fourth-order valence-electron chi connectivity index (χ4n) is 3.42. The molecule has 0 aliphatic carbocycles. The van der Waals surface area contributed by atoms with Gasteiger partial charge in [-0.05, 0) is 19.1 Å². The number of hydrogen-bond acceptors (Lipinski definition) is 3. The summed E-state index contributed by atoms with van der Waals surface area (Å²) in [7, 11) is 0. The Labute approximate surface area is 136 Å². The van der Waals surface area contributed by atoms with Crippen molar-refractivity contribution in [2.24, 2.45) is 0 Å². The molecule has 130 valence electrons. The molecular weight excluding hydrogens is 326 g/mol. The fourth-order valence-corrected chi connectivity index (χ4v) is 3.42. The first-order chi connectivity index (χ1) is 11.1. The highest BCUT2D eigenvalue weighted by Crippen LogP contribution is 2.45. The third-order valence-electron chi connectivity index (χ3n) is 4.62. The smallest absolute Gasteiger partial charge is 0.350 e. The van der Waals surface area contributed by atoms with E-state index in [1.165, 1.54) is 13.0 Å². The molecule has 2 atom stereocenters. The molecule has 3 heterocycles. The maximum atomic E-state index is 15.1. The second-order valence-corrected chi connectivity index (χ2v) is 6.33. The summed E-state index contributed by atoms with van der Waals surface area (Å²) in [5, 5.41) is 0. The highest BCUT2D eigenvalue weighted by atomic mass is 19.4. The molecule has 4 nitrogen and oxygen atoms in total. The van der Waals surface area contributed by atoms with Crippen molar-refractivity contribution < 1.29 is 22.4 Å². The number of aromatic nitrogens is 1. The Bertz CT molecular complexity index is 686. The molecule has 1 fully saturated rings. The van der Waals surface area contributed by atoms with Gasteiger partial charge in [0.1, 0.15) is 11.5 Å². The second kappa shape index (κ2) is 5.46. The van der Waals surface area contributed by atoms with E-state index in [1.807, 2.05) is 0 Å². The number of alkyl halides is 4. The van der Waals surface area contributed by atoms with Crippen LogP contribution in [0.4, 0.5) is 23.4 Å². The van der Waals surface area contributed by atoms with Crippen LogP contribution in [0.25, 0.3) is 0 Å². The SMILES string of the molecule is C=CC(=O)N1CCN2c3ncc(C(F)(F)F)cc3C(C)(F)C[C@@H]2C1. The van der Waals surface area contributed by atoms with E-state index in [-0.39, 0.29) is 29.8 Å². The Morgan fingerprint density at radius 2 is 2.17 bits per heavy atom. The van der Waals surface area contributed by atoms with E-state index in [2.05, 4.69) is 11.6 Å². The van der Waals surface area contributed by atoms with Gasteiger partial charge in [-0.15, -0.1) is 0 Å². The van der Waals surface area contributed by atoms with E-state index >= 15 is 4.39 Å². The number of anilines is 1. The summed E-state index contributed by atoms with van der Waals surface area (Å²) in [5.74, 6) is -0.00339. The molecule has 0 radical (unpaired) electrons. The minimum absolute atomic E-state index is 0.00388. The maximum Gasteiger partial charge on any atom is 0.417 e. The van der Waals surface area contributed by atoms with Gasteiger partial charge >= 0.3 is 6.18 Å². The van der Waals surface area contributed by atoms with Gasteiger partial charge in [0.05, 0.1) is 11.6 Å². The van der Waals surface area contributed by atoms with Crippen molar-refractivity contribution in [2.75, 3.05) is 24.5 Å². The van der Waals surface area contributed by atoms with E-state index in [9.17, 15) is 18.0 Å². The molecule has 0 saturated carbocycles. The van der Waals surface area contributed by atoms with Crippen LogP contribution in [0.2, 0.25) is 0 Å². The highest BCUT2D eigenvalue weighted by Gasteiger charge is 2.45. The lowest BCUT2D eigenvalue weighted by Gasteiger charge is -2.48. The Kier molecular flexibility index (Phi) is 3.80.